The quantitative estimate of drug-likeness (QED) is 0.791. The molecule has 2 amide bonds. The van der Waals surface area contributed by atoms with Gasteiger partial charge in [0.1, 0.15) is 0 Å². The summed E-state index contributed by atoms with van der Waals surface area (Å²) in [5.41, 5.74) is -0.856. The Morgan fingerprint density at radius 2 is 1.22 bits per heavy atom. The van der Waals surface area contributed by atoms with Crippen LogP contribution in [0.15, 0.2) is 53.4 Å². The maximum Gasteiger partial charge on any atom is 0.417 e. The zero-order chi connectivity index (χ0) is 19.6. The van der Waals surface area contributed by atoms with E-state index in [1.807, 2.05) is 0 Å². The number of piperazine rings is 1. The van der Waals surface area contributed by atoms with Crippen LogP contribution in [0.25, 0.3) is 0 Å². The van der Waals surface area contributed by atoms with E-state index in [9.17, 15) is 22.8 Å². The Balaban J connectivity index is 1.71. The maximum atomic E-state index is 13.1. The lowest BCUT2D eigenvalue weighted by Gasteiger charge is -2.35. The number of halogens is 3. The standard InChI is InChI=1S/C19H17F3N2O2S/c20-19(21,22)15-7-3-1-5-13(15)17(25)23-9-11-24(12-10-23)18(26)14-6-2-4-8-16(14)27/h1-8,27H,9-12H2. The lowest BCUT2D eigenvalue weighted by molar-refractivity contribution is -0.138. The van der Waals surface area contributed by atoms with Crippen LogP contribution in [0.3, 0.4) is 0 Å². The molecular weight excluding hydrogens is 377 g/mol. The van der Waals surface area contributed by atoms with Crippen molar-refractivity contribution >= 4 is 24.4 Å². The molecular formula is C19H17F3N2O2S. The van der Waals surface area contributed by atoms with Gasteiger partial charge in [-0.15, -0.1) is 12.6 Å². The summed E-state index contributed by atoms with van der Waals surface area (Å²) in [6.45, 7) is 0.846. The average Bonchev–Trinajstić information content (AvgIpc) is 2.67. The first-order chi connectivity index (χ1) is 12.8. The van der Waals surface area contributed by atoms with E-state index < -0.39 is 17.6 Å². The van der Waals surface area contributed by atoms with Crippen LogP contribution in [0.1, 0.15) is 26.3 Å². The molecule has 1 aliphatic rings. The lowest BCUT2D eigenvalue weighted by Crippen LogP contribution is -2.50. The number of alkyl halides is 3. The van der Waals surface area contributed by atoms with Gasteiger partial charge >= 0.3 is 6.18 Å². The Labute approximate surface area is 160 Å². The first-order valence-electron chi connectivity index (χ1n) is 8.32. The van der Waals surface area contributed by atoms with E-state index in [-0.39, 0.29) is 37.6 Å². The molecule has 0 spiro atoms. The molecule has 0 bridgehead atoms. The van der Waals surface area contributed by atoms with Gasteiger partial charge in [-0.25, -0.2) is 0 Å². The maximum absolute atomic E-state index is 13.1. The highest BCUT2D eigenvalue weighted by atomic mass is 32.1. The second-order valence-corrected chi connectivity index (χ2v) is 6.63. The summed E-state index contributed by atoms with van der Waals surface area (Å²) in [7, 11) is 0. The van der Waals surface area contributed by atoms with E-state index >= 15 is 0 Å². The number of nitrogens with zero attached hydrogens (tertiary/aromatic N) is 2. The fraction of sp³-hybridized carbons (Fsp3) is 0.263. The Hall–Kier alpha value is -2.48. The molecule has 0 atom stereocenters. The van der Waals surface area contributed by atoms with Crippen LogP contribution >= 0.6 is 12.6 Å². The smallest absolute Gasteiger partial charge is 0.335 e. The molecule has 0 saturated carbocycles. The summed E-state index contributed by atoms with van der Waals surface area (Å²) in [4.78, 5) is 28.6. The monoisotopic (exact) mass is 394 g/mol. The Morgan fingerprint density at radius 1 is 0.778 bits per heavy atom. The molecule has 1 saturated heterocycles. The van der Waals surface area contributed by atoms with Gasteiger partial charge in [0.05, 0.1) is 16.7 Å². The van der Waals surface area contributed by atoms with E-state index in [1.165, 1.54) is 23.1 Å². The van der Waals surface area contributed by atoms with Crippen LogP contribution in [-0.2, 0) is 6.18 Å². The van der Waals surface area contributed by atoms with Gasteiger partial charge in [0.2, 0.25) is 0 Å². The van der Waals surface area contributed by atoms with Crippen molar-refractivity contribution in [3.8, 4) is 0 Å². The summed E-state index contributed by atoms with van der Waals surface area (Å²) in [6, 6.07) is 11.6. The Kier molecular flexibility index (Phi) is 5.46. The van der Waals surface area contributed by atoms with Crippen LogP contribution < -0.4 is 0 Å². The highest BCUT2D eigenvalue weighted by Crippen LogP contribution is 2.32. The van der Waals surface area contributed by atoms with Gasteiger partial charge < -0.3 is 9.80 Å². The molecule has 1 fully saturated rings. The van der Waals surface area contributed by atoms with Crippen molar-refractivity contribution in [1.29, 1.82) is 0 Å². The van der Waals surface area contributed by atoms with E-state index in [4.69, 9.17) is 0 Å². The minimum Gasteiger partial charge on any atom is -0.335 e. The van der Waals surface area contributed by atoms with E-state index in [2.05, 4.69) is 12.6 Å². The molecule has 4 nitrogen and oxygen atoms in total. The molecule has 2 aromatic carbocycles. The molecule has 142 valence electrons. The highest BCUT2D eigenvalue weighted by Gasteiger charge is 2.36. The Morgan fingerprint density at radius 3 is 1.74 bits per heavy atom. The van der Waals surface area contributed by atoms with Crippen molar-refractivity contribution < 1.29 is 22.8 Å². The number of rotatable bonds is 2. The summed E-state index contributed by atoms with van der Waals surface area (Å²) in [5, 5.41) is 0. The van der Waals surface area contributed by atoms with Crippen LogP contribution in [-0.4, -0.2) is 47.8 Å². The molecule has 27 heavy (non-hydrogen) atoms. The fourth-order valence-electron chi connectivity index (χ4n) is 3.02. The molecule has 1 aliphatic heterocycles. The largest absolute Gasteiger partial charge is 0.417 e. The molecule has 0 aromatic heterocycles. The highest BCUT2D eigenvalue weighted by molar-refractivity contribution is 7.80. The third-order valence-electron chi connectivity index (χ3n) is 4.45. The molecule has 2 aromatic rings. The second-order valence-electron chi connectivity index (χ2n) is 6.14. The van der Waals surface area contributed by atoms with Crippen molar-refractivity contribution in [2.45, 2.75) is 11.1 Å². The SMILES string of the molecule is O=C(c1ccccc1S)N1CCN(C(=O)c2ccccc2C(F)(F)F)CC1. The molecule has 8 heteroatoms. The number of carbonyl (C=O) groups excluding carboxylic acids is 2. The summed E-state index contributed by atoms with van der Waals surface area (Å²) >= 11 is 4.27. The van der Waals surface area contributed by atoms with Crippen LogP contribution in [0.4, 0.5) is 13.2 Å². The predicted octanol–water partition coefficient (Wildman–Crippen LogP) is 3.59. The van der Waals surface area contributed by atoms with Gasteiger partial charge in [-0.1, -0.05) is 24.3 Å². The van der Waals surface area contributed by atoms with Crippen molar-refractivity contribution in [3.05, 3.63) is 65.2 Å². The summed E-state index contributed by atoms with van der Waals surface area (Å²) in [5.74, 6) is -0.881. The van der Waals surface area contributed by atoms with Crippen LogP contribution in [0, 0.1) is 0 Å². The van der Waals surface area contributed by atoms with Crippen molar-refractivity contribution in [1.82, 2.24) is 9.80 Å². The summed E-state index contributed by atoms with van der Waals surface area (Å²) in [6.07, 6.45) is -4.60. The zero-order valence-corrected chi connectivity index (χ0v) is 15.1. The minimum absolute atomic E-state index is 0.172. The van der Waals surface area contributed by atoms with Gasteiger partial charge in [0.25, 0.3) is 11.8 Å². The summed E-state index contributed by atoms with van der Waals surface area (Å²) < 4.78 is 39.4. The number of thiol groups is 1. The topological polar surface area (TPSA) is 40.6 Å². The molecule has 3 rings (SSSR count). The van der Waals surface area contributed by atoms with Crippen molar-refractivity contribution in [3.63, 3.8) is 0 Å². The van der Waals surface area contributed by atoms with Crippen molar-refractivity contribution in [2.24, 2.45) is 0 Å². The molecule has 0 radical (unpaired) electrons. The number of hydrogen-bond acceptors (Lipinski definition) is 3. The molecule has 0 aliphatic carbocycles. The average molecular weight is 394 g/mol. The van der Waals surface area contributed by atoms with Gasteiger partial charge in [0.15, 0.2) is 0 Å². The van der Waals surface area contributed by atoms with Gasteiger partial charge in [0, 0.05) is 31.1 Å². The molecule has 0 N–H and O–H groups in total. The van der Waals surface area contributed by atoms with Crippen LogP contribution in [0.2, 0.25) is 0 Å². The minimum atomic E-state index is -4.60. The van der Waals surface area contributed by atoms with E-state index in [1.54, 1.807) is 29.2 Å². The number of amides is 2. The van der Waals surface area contributed by atoms with Gasteiger partial charge in [-0.05, 0) is 24.3 Å². The molecule has 1 heterocycles. The lowest BCUT2D eigenvalue weighted by atomic mass is 10.1. The predicted molar refractivity (Wildman–Crippen MR) is 96.9 cm³/mol. The van der Waals surface area contributed by atoms with Crippen LogP contribution in [0.5, 0.6) is 0 Å². The zero-order valence-electron chi connectivity index (χ0n) is 14.2. The third-order valence-corrected chi connectivity index (χ3v) is 4.84. The number of hydrogen-bond donors (Lipinski definition) is 1. The van der Waals surface area contributed by atoms with Gasteiger partial charge in [-0.2, -0.15) is 13.2 Å². The first-order valence-corrected chi connectivity index (χ1v) is 8.76. The number of carbonyl (C=O) groups is 2. The Bertz CT molecular complexity index is 862. The first kappa shape index (κ1) is 19.3. The third kappa shape index (κ3) is 4.10. The number of benzene rings is 2. The molecule has 0 unspecified atom stereocenters. The van der Waals surface area contributed by atoms with Crippen molar-refractivity contribution in [2.75, 3.05) is 26.2 Å². The van der Waals surface area contributed by atoms with E-state index in [0.29, 0.717) is 10.5 Å². The van der Waals surface area contributed by atoms with Gasteiger partial charge in [-0.3, -0.25) is 9.59 Å². The fourth-order valence-corrected chi connectivity index (χ4v) is 3.28. The normalized spacial score (nSPS) is 15.0. The van der Waals surface area contributed by atoms with E-state index in [0.717, 1.165) is 6.07 Å². The second kappa shape index (κ2) is 7.64.